The highest BCUT2D eigenvalue weighted by Crippen LogP contribution is 1.86. The highest BCUT2D eigenvalue weighted by Gasteiger charge is 2.02. The molecule has 0 fully saturated rings. The van der Waals surface area contributed by atoms with Crippen molar-refractivity contribution in [3.05, 3.63) is 12.2 Å². The first kappa shape index (κ1) is 14.2. The van der Waals surface area contributed by atoms with Gasteiger partial charge in [-0.1, -0.05) is 20.9 Å². The number of carbonyl (C=O) groups excluding carboxylic acids is 2. The first-order chi connectivity index (χ1) is 5.57. The van der Waals surface area contributed by atoms with Crippen LogP contribution in [0.3, 0.4) is 0 Å². The van der Waals surface area contributed by atoms with Crippen molar-refractivity contribution in [1.29, 1.82) is 0 Å². The van der Waals surface area contributed by atoms with Crippen LogP contribution >= 0.6 is 0 Å². The van der Waals surface area contributed by atoms with Gasteiger partial charge >= 0.3 is 0 Å². The molecule has 76 valence electrons. The van der Waals surface area contributed by atoms with Gasteiger partial charge in [0.2, 0.25) is 5.91 Å². The van der Waals surface area contributed by atoms with Crippen LogP contribution in [-0.2, 0) is 9.59 Å². The lowest BCUT2D eigenvalue weighted by molar-refractivity contribution is -0.127. The molecule has 0 radical (unpaired) electrons. The molecule has 0 unspecified atom stereocenters. The van der Waals surface area contributed by atoms with Crippen molar-refractivity contribution in [2.75, 3.05) is 0 Å². The Balaban J connectivity index is 0. The topological polar surface area (TPSA) is 58.2 Å². The quantitative estimate of drug-likeness (QED) is 0.513. The zero-order valence-electron chi connectivity index (χ0n) is 7.44. The molecule has 0 saturated carbocycles. The van der Waals surface area contributed by atoms with E-state index in [-0.39, 0.29) is 19.2 Å². The summed E-state index contributed by atoms with van der Waals surface area (Å²) in [6.07, 6.45) is 1.17. The van der Waals surface area contributed by atoms with Gasteiger partial charge in [-0.25, -0.2) is 0 Å². The van der Waals surface area contributed by atoms with Gasteiger partial charge in [0.1, 0.15) is 0 Å². The minimum atomic E-state index is -0.362. The van der Waals surface area contributed by atoms with E-state index in [1.165, 1.54) is 0 Å². The molecule has 0 aliphatic rings. The minimum Gasteiger partial charge on any atom is -0.273 e. The molecule has 2 amide bonds. The van der Waals surface area contributed by atoms with Gasteiger partial charge in [-0.2, -0.15) is 0 Å². The molecular weight excluding hydrogens is 168 g/mol. The maximum absolute atomic E-state index is 10.8. The monoisotopic (exact) mass is 186 g/mol. The highest BCUT2D eigenvalue weighted by molar-refractivity contribution is 5.93. The predicted molar refractivity (Wildman–Crippen MR) is 52.7 cm³/mol. The van der Waals surface area contributed by atoms with Crippen LogP contribution in [0, 0.1) is 0 Å². The first-order valence-corrected chi connectivity index (χ1v) is 3.82. The summed E-state index contributed by atoms with van der Waals surface area (Å²) in [4.78, 5) is 21.6. The van der Waals surface area contributed by atoms with Gasteiger partial charge in [-0.05, 0) is 13.3 Å². The van der Waals surface area contributed by atoms with Gasteiger partial charge in [0.05, 0.1) is 0 Å². The van der Waals surface area contributed by atoms with Crippen LogP contribution in [0.4, 0.5) is 0 Å². The van der Waals surface area contributed by atoms with Crippen molar-refractivity contribution < 1.29 is 9.59 Å². The average Bonchev–Trinajstić information content (AvgIpc) is 2.00. The number of carbonyl (C=O) groups is 2. The van der Waals surface area contributed by atoms with E-state index in [0.717, 1.165) is 6.42 Å². The van der Waals surface area contributed by atoms with Gasteiger partial charge in [0.25, 0.3) is 5.91 Å². The Labute approximate surface area is 79.4 Å². The van der Waals surface area contributed by atoms with Gasteiger partial charge in [-0.15, -0.1) is 0 Å². The van der Waals surface area contributed by atoms with Crippen molar-refractivity contribution >= 4 is 11.8 Å². The molecule has 0 aromatic carbocycles. The third-order valence-electron chi connectivity index (χ3n) is 1.18. The number of hydrogen-bond acceptors (Lipinski definition) is 2. The molecule has 0 bridgehead atoms. The maximum atomic E-state index is 10.8. The van der Waals surface area contributed by atoms with Crippen molar-refractivity contribution in [1.82, 2.24) is 10.9 Å². The summed E-state index contributed by atoms with van der Waals surface area (Å²) in [5.74, 6) is -0.549. The molecule has 0 aromatic rings. The zero-order chi connectivity index (χ0) is 9.56. The van der Waals surface area contributed by atoms with Crippen LogP contribution in [0.1, 0.15) is 34.1 Å². The van der Waals surface area contributed by atoms with Crippen molar-refractivity contribution in [2.24, 2.45) is 0 Å². The lowest BCUT2D eigenvalue weighted by Crippen LogP contribution is -2.41. The first-order valence-electron chi connectivity index (χ1n) is 3.82. The Morgan fingerprint density at radius 2 is 1.85 bits per heavy atom. The Hall–Kier alpha value is -1.32. The lowest BCUT2D eigenvalue weighted by atomic mass is 10.3. The van der Waals surface area contributed by atoms with E-state index in [1.807, 2.05) is 6.92 Å². The maximum Gasteiger partial charge on any atom is 0.264 e. The summed E-state index contributed by atoms with van der Waals surface area (Å²) in [6.45, 7) is 6.88. The number of hydrazine groups is 1. The molecule has 0 atom stereocenters. The lowest BCUT2D eigenvalue weighted by Gasteiger charge is -2.05. The molecule has 2 N–H and O–H groups in total. The molecule has 0 aromatic heterocycles. The summed E-state index contributed by atoms with van der Waals surface area (Å²) in [5.41, 5.74) is 4.86. The van der Waals surface area contributed by atoms with E-state index in [1.54, 1.807) is 6.92 Å². The number of nitrogens with one attached hydrogen (secondary N) is 2. The Morgan fingerprint density at radius 1 is 1.31 bits per heavy atom. The second-order valence-corrected chi connectivity index (χ2v) is 2.53. The van der Waals surface area contributed by atoms with E-state index in [2.05, 4.69) is 17.4 Å². The van der Waals surface area contributed by atoms with Crippen LogP contribution in [0.25, 0.3) is 0 Å². The molecule has 0 heterocycles. The second-order valence-electron chi connectivity index (χ2n) is 2.53. The SMILES string of the molecule is C.C=C(C)C(=O)NNC(=O)CCC. The molecule has 4 heteroatoms. The molecule has 4 nitrogen and oxygen atoms in total. The average molecular weight is 186 g/mol. The molecule has 0 aliphatic carbocycles. The molecule has 0 saturated heterocycles. The Morgan fingerprint density at radius 3 is 2.23 bits per heavy atom. The number of hydrogen-bond donors (Lipinski definition) is 2. The van der Waals surface area contributed by atoms with E-state index >= 15 is 0 Å². The normalized spacial score (nSPS) is 8.15. The number of rotatable bonds is 3. The second kappa shape index (κ2) is 7.34. The standard InChI is InChI=1S/C8H14N2O2.CH4/c1-4-5-7(11)9-10-8(12)6(2)3;/h2,4-5H2,1,3H3,(H,9,11)(H,10,12);1H4. The van der Waals surface area contributed by atoms with Crippen molar-refractivity contribution in [3.63, 3.8) is 0 Å². The van der Waals surface area contributed by atoms with E-state index < -0.39 is 0 Å². The van der Waals surface area contributed by atoms with Gasteiger partial charge in [0, 0.05) is 12.0 Å². The summed E-state index contributed by atoms with van der Waals surface area (Å²) >= 11 is 0. The zero-order valence-corrected chi connectivity index (χ0v) is 7.44. The smallest absolute Gasteiger partial charge is 0.264 e. The summed E-state index contributed by atoms with van der Waals surface area (Å²) in [7, 11) is 0. The van der Waals surface area contributed by atoms with Crippen LogP contribution < -0.4 is 10.9 Å². The van der Waals surface area contributed by atoms with Crippen LogP contribution in [-0.4, -0.2) is 11.8 Å². The van der Waals surface area contributed by atoms with Crippen LogP contribution in [0.2, 0.25) is 0 Å². The van der Waals surface area contributed by atoms with Crippen molar-refractivity contribution in [3.8, 4) is 0 Å². The third kappa shape index (κ3) is 7.05. The molecule has 0 spiro atoms. The summed E-state index contributed by atoms with van der Waals surface area (Å²) < 4.78 is 0. The summed E-state index contributed by atoms with van der Waals surface area (Å²) in [6, 6.07) is 0. The van der Waals surface area contributed by atoms with E-state index in [9.17, 15) is 9.59 Å². The Kier molecular flexibility index (Phi) is 8.02. The molecular formula is C9H18N2O2. The van der Waals surface area contributed by atoms with E-state index in [0.29, 0.717) is 12.0 Å². The molecule has 0 rings (SSSR count). The van der Waals surface area contributed by atoms with E-state index in [4.69, 9.17) is 0 Å². The van der Waals surface area contributed by atoms with Crippen LogP contribution in [0.15, 0.2) is 12.2 Å². The third-order valence-corrected chi connectivity index (χ3v) is 1.18. The minimum absolute atomic E-state index is 0. The summed E-state index contributed by atoms with van der Waals surface area (Å²) in [5, 5.41) is 0. The van der Waals surface area contributed by atoms with Crippen molar-refractivity contribution in [2.45, 2.75) is 34.1 Å². The molecule has 13 heavy (non-hydrogen) atoms. The molecule has 0 aliphatic heterocycles. The largest absolute Gasteiger partial charge is 0.273 e. The fraction of sp³-hybridized carbons (Fsp3) is 0.556. The number of amides is 2. The van der Waals surface area contributed by atoms with Gasteiger partial charge in [-0.3, -0.25) is 20.4 Å². The van der Waals surface area contributed by atoms with Crippen LogP contribution in [0.5, 0.6) is 0 Å². The Bertz CT molecular complexity index is 200. The highest BCUT2D eigenvalue weighted by atomic mass is 16.2. The van der Waals surface area contributed by atoms with Gasteiger partial charge in [0.15, 0.2) is 0 Å². The fourth-order valence-corrected chi connectivity index (χ4v) is 0.523. The fourth-order valence-electron chi connectivity index (χ4n) is 0.523. The predicted octanol–water partition coefficient (Wildman–Crippen LogP) is 1.15. The van der Waals surface area contributed by atoms with Gasteiger partial charge < -0.3 is 0 Å².